The van der Waals surface area contributed by atoms with E-state index in [2.05, 4.69) is 6.07 Å². The van der Waals surface area contributed by atoms with Crippen molar-refractivity contribution in [1.29, 1.82) is 5.26 Å². The van der Waals surface area contributed by atoms with Crippen molar-refractivity contribution in [2.45, 2.75) is 57.9 Å². The predicted molar refractivity (Wildman–Crippen MR) is 94.8 cm³/mol. The van der Waals surface area contributed by atoms with E-state index < -0.39 is 11.5 Å². The first-order valence-electron chi connectivity index (χ1n) is 8.77. The first-order chi connectivity index (χ1) is 11.9. The van der Waals surface area contributed by atoms with Crippen LogP contribution in [0.15, 0.2) is 18.2 Å². The number of hydrogen-bond acceptors (Lipinski definition) is 4. The summed E-state index contributed by atoms with van der Waals surface area (Å²) in [6.45, 7) is 3.69. The minimum absolute atomic E-state index is 0.140. The van der Waals surface area contributed by atoms with E-state index in [4.69, 9.17) is 4.74 Å². The maximum Gasteiger partial charge on any atom is 0.310 e. The van der Waals surface area contributed by atoms with Gasteiger partial charge in [0, 0.05) is 7.05 Å². The Hall–Kier alpha value is -2.35. The zero-order valence-electron chi connectivity index (χ0n) is 15.3. The average Bonchev–Trinajstić information content (AvgIpc) is 2.62. The van der Waals surface area contributed by atoms with Gasteiger partial charge in [-0.25, -0.2) is 0 Å². The molecule has 134 valence electrons. The molecular weight excluding hydrogens is 316 g/mol. The third-order valence-corrected chi connectivity index (χ3v) is 5.18. The van der Waals surface area contributed by atoms with Crippen LogP contribution >= 0.6 is 0 Å². The molecular formula is C20H26N2O3. The smallest absolute Gasteiger partial charge is 0.310 e. The molecule has 0 unspecified atom stereocenters. The van der Waals surface area contributed by atoms with Crippen LogP contribution in [0.2, 0.25) is 0 Å². The quantitative estimate of drug-likeness (QED) is 0.771. The van der Waals surface area contributed by atoms with Crippen LogP contribution in [-0.2, 0) is 20.7 Å². The Balaban J connectivity index is 1.89. The van der Waals surface area contributed by atoms with E-state index in [-0.39, 0.29) is 18.9 Å². The number of esters is 1. The maximum atomic E-state index is 12.4. The van der Waals surface area contributed by atoms with E-state index in [1.807, 2.05) is 32.0 Å². The summed E-state index contributed by atoms with van der Waals surface area (Å²) in [6.07, 6.45) is 4.48. The summed E-state index contributed by atoms with van der Waals surface area (Å²) in [5, 5.41) is 9.53. The van der Waals surface area contributed by atoms with Crippen LogP contribution in [0.4, 0.5) is 0 Å². The van der Waals surface area contributed by atoms with Gasteiger partial charge in [-0.2, -0.15) is 5.26 Å². The first kappa shape index (κ1) is 19.0. The number of carbonyl (C=O) groups excluding carboxylic acids is 2. The summed E-state index contributed by atoms with van der Waals surface area (Å²) in [5.74, 6) is -0.753. The molecule has 1 saturated carbocycles. The topological polar surface area (TPSA) is 70.4 Å². The summed E-state index contributed by atoms with van der Waals surface area (Å²) in [6, 6.07) is 8.12. The predicted octanol–water partition coefficient (Wildman–Crippen LogP) is 3.07. The van der Waals surface area contributed by atoms with Gasteiger partial charge in [0.2, 0.25) is 0 Å². The van der Waals surface area contributed by atoms with Crippen LogP contribution < -0.4 is 0 Å². The van der Waals surface area contributed by atoms with Crippen LogP contribution in [0.3, 0.4) is 0 Å². The summed E-state index contributed by atoms with van der Waals surface area (Å²) in [4.78, 5) is 25.8. The van der Waals surface area contributed by atoms with Gasteiger partial charge in [-0.1, -0.05) is 37.5 Å². The first-order valence-corrected chi connectivity index (χ1v) is 8.77. The fourth-order valence-electron chi connectivity index (χ4n) is 3.27. The average molecular weight is 342 g/mol. The number of likely N-dealkylation sites (N-methyl/N-ethyl adjacent to an activating group) is 1. The van der Waals surface area contributed by atoms with Gasteiger partial charge in [0.05, 0.1) is 12.5 Å². The lowest BCUT2D eigenvalue weighted by molar-refractivity contribution is -0.153. The molecule has 1 aliphatic rings. The number of hydrogen-bond donors (Lipinski definition) is 0. The highest BCUT2D eigenvalue weighted by molar-refractivity contribution is 5.82. The van der Waals surface area contributed by atoms with Gasteiger partial charge >= 0.3 is 5.97 Å². The van der Waals surface area contributed by atoms with Crippen molar-refractivity contribution < 1.29 is 14.3 Å². The third kappa shape index (κ3) is 4.60. The van der Waals surface area contributed by atoms with Crippen LogP contribution in [0, 0.1) is 25.2 Å². The highest BCUT2D eigenvalue weighted by Gasteiger charge is 2.38. The van der Waals surface area contributed by atoms with Crippen molar-refractivity contribution in [2.24, 2.45) is 0 Å². The molecule has 1 fully saturated rings. The van der Waals surface area contributed by atoms with Gasteiger partial charge in [-0.05, 0) is 43.4 Å². The molecule has 5 nitrogen and oxygen atoms in total. The SMILES string of the molecule is Cc1ccc(CC(=O)OCC(=O)N(C)C2(C#N)CCCCC2)cc1C. The van der Waals surface area contributed by atoms with E-state index in [9.17, 15) is 14.9 Å². The number of nitriles is 1. The maximum absolute atomic E-state index is 12.4. The second-order valence-electron chi connectivity index (χ2n) is 6.91. The number of amides is 1. The molecule has 0 aromatic heterocycles. The van der Waals surface area contributed by atoms with Gasteiger partial charge in [0.15, 0.2) is 6.61 Å². The van der Waals surface area contributed by atoms with E-state index >= 15 is 0 Å². The van der Waals surface area contributed by atoms with Crippen molar-refractivity contribution >= 4 is 11.9 Å². The standard InChI is InChI=1S/C20H26N2O3/c1-15-7-8-17(11-16(15)2)12-19(24)25-13-18(23)22(3)20(14-21)9-5-4-6-10-20/h7-8,11H,4-6,9-10,12-13H2,1-3H3. The zero-order valence-corrected chi connectivity index (χ0v) is 15.3. The van der Waals surface area contributed by atoms with Crippen molar-refractivity contribution in [3.8, 4) is 6.07 Å². The summed E-state index contributed by atoms with van der Waals surface area (Å²) in [5.41, 5.74) is 2.41. The van der Waals surface area contributed by atoms with E-state index in [0.29, 0.717) is 12.8 Å². The molecule has 0 atom stereocenters. The lowest BCUT2D eigenvalue weighted by atomic mass is 9.81. The number of rotatable bonds is 5. The summed E-state index contributed by atoms with van der Waals surface area (Å²) in [7, 11) is 1.63. The normalized spacial score (nSPS) is 15.9. The van der Waals surface area contributed by atoms with Crippen molar-refractivity contribution in [3.05, 3.63) is 34.9 Å². The molecule has 0 radical (unpaired) electrons. The fraction of sp³-hybridized carbons (Fsp3) is 0.550. The summed E-state index contributed by atoms with van der Waals surface area (Å²) < 4.78 is 5.14. The third-order valence-electron chi connectivity index (χ3n) is 5.18. The van der Waals surface area contributed by atoms with Crippen LogP contribution in [0.5, 0.6) is 0 Å². The Morgan fingerprint density at radius 2 is 1.88 bits per heavy atom. The van der Waals surface area contributed by atoms with Gasteiger partial charge in [0.1, 0.15) is 5.54 Å². The van der Waals surface area contributed by atoms with Crippen molar-refractivity contribution in [1.82, 2.24) is 4.90 Å². The molecule has 1 amide bonds. The van der Waals surface area contributed by atoms with Crippen molar-refractivity contribution in [3.63, 3.8) is 0 Å². The Bertz CT molecular complexity index is 685. The molecule has 0 N–H and O–H groups in total. The highest BCUT2D eigenvalue weighted by atomic mass is 16.5. The highest BCUT2D eigenvalue weighted by Crippen LogP contribution is 2.32. The Kier molecular flexibility index (Phi) is 6.19. The molecule has 0 bridgehead atoms. The summed E-state index contributed by atoms with van der Waals surface area (Å²) >= 11 is 0. The van der Waals surface area contributed by atoms with Gasteiger partial charge in [-0.3, -0.25) is 9.59 Å². The molecule has 0 spiro atoms. The van der Waals surface area contributed by atoms with E-state index in [0.717, 1.165) is 30.4 Å². The number of nitrogens with zero attached hydrogens (tertiary/aromatic N) is 2. The zero-order chi connectivity index (χ0) is 18.4. The van der Waals surface area contributed by atoms with Crippen molar-refractivity contribution in [2.75, 3.05) is 13.7 Å². The largest absolute Gasteiger partial charge is 0.455 e. The van der Waals surface area contributed by atoms with Crippen LogP contribution in [0.25, 0.3) is 0 Å². The molecule has 0 aliphatic heterocycles. The lowest BCUT2D eigenvalue weighted by Gasteiger charge is -2.38. The second kappa shape index (κ2) is 8.15. The molecule has 1 aromatic carbocycles. The van der Waals surface area contributed by atoms with E-state index in [1.54, 1.807) is 7.05 Å². The van der Waals surface area contributed by atoms with Crippen LogP contribution in [0.1, 0.15) is 48.8 Å². The van der Waals surface area contributed by atoms with Gasteiger partial charge < -0.3 is 9.64 Å². The number of ether oxygens (including phenoxy) is 1. The fourth-order valence-corrected chi connectivity index (χ4v) is 3.27. The monoisotopic (exact) mass is 342 g/mol. The molecule has 2 rings (SSSR count). The second-order valence-corrected chi connectivity index (χ2v) is 6.91. The molecule has 1 aliphatic carbocycles. The van der Waals surface area contributed by atoms with Gasteiger partial charge in [0.25, 0.3) is 5.91 Å². The number of carbonyl (C=O) groups is 2. The minimum atomic E-state index is -0.754. The lowest BCUT2D eigenvalue weighted by Crippen LogP contribution is -2.51. The minimum Gasteiger partial charge on any atom is -0.455 e. The Morgan fingerprint density at radius 3 is 2.48 bits per heavy atom. The number of benzene rings is 1. The molecule has 0 heterocycles. The molecule has 0 saturated heterocycles. The van der Waals surface area contributed by atoms with E-state index in [1.165, 1.54) is 10.5 Å². The Labute approximate surface area is 149 Å². The molecule has 5 heteroatoms. The number of aryl methyl sites for hydroxylation is 2. The molecule has 25 heavy (non-hydrogen) atoms. The van der Waals surface area contributed by atoms with Crippen LogP contribution in [-0.4, -0.2) is 36.0 Å². The Morgan fingerprint density at radius 1 is 1.20 bits per heavy atom. The molecule has 1 aromatic rings. The van der Waals surface area contributed by atoms with Gasteiger partial charge in [-0.15, -0.1) is 0 Å².